The molecule has 2 nitrogen and oxygen atoms in total. The molecule has 0 bridgehead atoms. The number of aromatic nitrogens is 1. The van der Waals surface area contributed by atoms with Crippen molar-refractivity contribution in [2.24, 2.45) is 7.05 Å². The highest BCUT2D eigenvalue weighted by molar-refractivity contribution is 5.70. The van der Waals surface area contributed by atoms with Crippen LogP contribution in [0.15, 0.2) is 79.1 Å². The minimum atomic E-state index is 0. The summed E-state index contributed by atoms with van der Waals surface area (Å²) in [6.45, 7) is 0. The molecule has 2 aromatic carbocycles. The Morgan fingerprint density at radius 2 is 1.38 bits per heavy atom. The van der Waals surface area contributed by atoms with Crippen LogP contribution in [0.25, 0.3) is 11.1 Å². The lowest BCUT2D eigenvalue weighted by Crippen LogP contribution is -3.00. The third kappa shape index (κ3) is 3.82. The molecule has 3 aromatic rings. The Bertz CT molecular complexity index is 696. The standard InChI is InChI=1S/C18H16NO.HI/c1-19-13-11-16(12-14-19)20-18-10-6-5-9-17(18)15-7-3-2-4-8-15;/h2-14H,1H3;1H/q+1;/p-1. The van der Waals surface area contributed by atoms with Crippen molar-refractivity contribution in [3.05, 3.63) is 79.1 Å². The number of aryl methyl sites for hydroxylation is 1. The predicted molar refractivity (Wildman–Crippen MR) is 79.6 cm³/mol. The molecule has 0 radical (unpaired) electrons. The summed E-state index contributed by atoms with van der Waals surface area (Å²) in [5.74, 6) is 1.71. The fraction of sp³-hybridized carbons (Fsp3) is 0.0556. The maximum absolute atomic E-state index is 6.01. The molecule has 0 fully saturated rings. The Hall–Kier alpha value is -1.88. The van der Waals surface area contributed by atoms with E-state index in [9.17, 15) is 0 Å². The van der Waals surface area contributed by atoms with Crippen LogP contribution in [0, 0.1) is 0 Å². The highest BCUT2D eigenvalue weighted by Crippen LogP contribution is 2.32. The van der Waals surface area contributed by atoms with E-state index in [1.54, 1.807) is 0 Å². The molecular weight excluding hydrogens is 373 g/mol. The van der Waals surface area contributed by atoms with E-state index < -0.39 is 0 Å². The van der Waals surface area contributed by atoms with Gasteiger partial charge in [0, 0.05) is 17.7 Å². The summed E-state index contributed by atoms with van der Waals surface area (Å²) < 4.78 is 7.99. The maximum Gasteiger partial charge on any atom is 0.172 e. The topological polar surface area (TPSA) is 13.1 Å². The third-order valence-electron chi connectivity index (χ3n) is 3.15. The Balaban J connectivity index is 0.00000161. The monoisotopic (exact) mass is 389 g/mol. The fourth-order valence-electron chi connectivity index (χ4n) is 2.09. The highest BCUT2D eigenvalue weighted by Gasteiger charge is 2.07. The van der Waals surface area contributed by atoms with Crippen LogP contribution in [0.3, 0.4) is 0 Å². The SMILES string of the molecule is C[n+]1ccc(Oc2ccccc2-c2ccccc2)cc1.[I-]. The second-order valence-electron chi connectivity index (χ2n) is 4.66. The van der Waals surface area contributed by atoms with E-state index in [4.69, 9.17) is 4.74 Å². The number of hydrogen-bond acceptors (Lipinski definition) is 1. The Morgan fingerprint density at radius 3 is 2.10 bits per heavy atom. The minimum Gasteiger partial charge on any atom is -1.00 e. The number of hydrogen-bond donors (Lipinski definition) is 0. The van der Waals surface area contributed by atoms with Gasteiger partial charge in [-0.25, -0.2) is 4.57 Å². The molecule has 0 saturated carbocycles. The van der Waals surface area contributed by atoms with Gasteiger partial charge in [0.15, 0.2) is 12.4 Å². The zero-order valence-corrected chi connectivity index (χ0v) is 13.9. The van der Waals surface area contributed by atoms with Crippen molar-refractivity contribution in [2.45, 2.75) is 0 Å². The second kappa shape index (κ2) is 7.22. The fourth-order valence-corrected chi connectivity index (χ4v) is 2.09. The van der Waals surface area contributed by atoms with Crippen molar-refractivity contribution < 1.29 is 33.3 Å². The van der Waals surface area contributed by atoms with Gasteiger partial charge in [-0.2, -0.15) is 0 Å². The van der Waals surface area contributed by atoms with Crippen LogP contribution in [0.1, 0.15) is 0 Å². The first-order valence-corrected chi connectivity index (χ1v) is 6.60. The van der Waals surface area contributed by atoms with Crippen molar-refractivity contribution in [1.29, 1.82) is 0 Å². The Labute approximate surface area is 142 Å². The number of benzene rings is 2. The normalized spacial score (nSPS) is 9.76. The van der Waals surface area contributed by atoms with Crippen molar-refractivity contribution in [1.82, 2.24) is 0 Å². The minimum absolute atomic E-state index is 0. The largest absolute Gasteiger partial charge is 1.00 e. The average Bonchev–Trinajstić information content (AvgIpc) is 2.51. The number of para-hydroxylation sites is 1. The van der Waals surface area contributed by atoms with Gasteiger partial charge >= 0.3 is 0 Å². The second-order valence-corrected chi connectivity index (χ2v) is 4.66. The molecule has 0 aliphatic rings. The van der Waals surface area contributed by atoms with Crippen LogP contribution in [0.4, 0.5) is 0 Å². The number of pyridine rings is 1. The van der Waals surface area contributed by atoms with Gasteiger partial charge in [0.25, 0.3) is 0 Å². The molecule has 3 heteroatoms. The van der Waals surface area contributed by atoms with Gasteiger partial charge in [-0.15, -0.1) is 0 Å². The highest BCUT2D eigenvalue weighted by atomic mass is 127. The van der Waals surface area contributed by atoms with Crippen molar-refractivity contribution in [3.63, 3.8) is 0 Å². The summed E-state index contributed by atoms with van der Waals surface area (Å²) in [6, 6.07) is 22.3. The summed E-state index contributed by atoms with van der Waals surface area (Å²) >= 11 is 0. The Kier molecular flexibility index (Phi) is 5.33. The van der Waals surface area contributed by atoms with Gasteiger partial charge in [-0.1, -0.05) is 48.5 Å². The summed E-state index contributed by atoms with van der Waals surface area (Å²) in [7, 11) is 1.99. The van der Waals surface area contributed by atoms with Gasteiger partial charge in [0.05, 0.1) is 0 Å². The first-order valence-electron chi connectivity index (χ1n) is 6.60. The van der Waals surface area contributed by atoms with Gasteiger partial charge in [0.2, 0.25) is 0 Å². The maximum atomic E-state index is 6.01. The average molecular weight is 389 g/mol. The van der Waals surface area contributed by atoms with E-state index in [-0.39, 0.29) is 24.0 Å². The van der Waals surface area contributed by atoms with Gasteiger partial charge in [-0.3, -0.25) is 0 Å². The summed E-state index contributed by atoms with van der Waals surface area (Å²) in [6.07, 6.45) is 3.95. The summed E-state index contributed by atoms with van der Waals surface area (Å²) in [5, 5.41) is 0. The molecule has 0 saturated heterocycles. The molecule has 0 N–H and O–H groups in total. The molecule has 21 heavy (non-hydrogen) atoms. The van der Waals surface area contributed by atoms with Crippen LogP contribution in [-0.2, 0) is 7.05 Å². The van der Waals surface area contributed by atoms with E-state index in [1.165, 1.54) is 0 Å². The molecule has 0 atom stereocenters. The zero-order valence-electron chi connectivity index (χ0n) is 11.7. The number of halogens is 1. The van der Waals surface area contributed by atoms with E-state index in [2.05, 4.69) is 18.2 Å². The molecule has 0 spiro atoms. The quantitative estimate of drug-likeness (QED) is 0.481. The molecule has 1 heterocycles. The zero-order chi connectivity index (χ0) is 13.8. The van der Waals surface area contributed by atoms with E-state index in [0.717, 1.165) is 22.6 Å². The summed E-state index contributed by atoms with van der Waals surface area (Å²) in [4.78, 5) is 0. The molecule has 1 aromatic heterocycles. The van der Waals surface area contributed by atoms with Crippen LogP contribution in [0.5, 0.6) is 11.5 Å². The first-order chi connectivity index (χ1) is 9.83. The first kappa shape index (κ1) is 15.5. The lowest BCUT2D eigenvalue weighted by atomic mass is 10.1. The van der Waals surface area contributed by atoms with Crippen LogP contribution >= 0.6 is 0 Å². The van der Waals surface area contributed by atoms with Crippen LogP contribution < -0.4 is 33.3 Å². The Morgan fingerprint density at radius 1 is 0.762 bits per heavy atom. The number of nitrogens with zero attached hydrogens (tertiary/aromatic N) is 1. The van der Waals surface area contributed by atoms with Crippen molar-refractivity contribution >= 4 is 0 Å². The molecule has 0 aliphatic heterocycles. The van der Waals surface area contributed by atoms with Crippen LogP contribution in [-0.4, -0.2) is 0 Å². The molecule has 106 valence electrons. The number of rotatable bonds is 3. The van der Waals surface area contributed by atoms with Gasteiger partial charge in [0.1, 0.15) is 18.5 Å². The van der Waals surface area contributed by atoms with E-state index in [1.807, 2.05) is 72.5 Å². The van der Waals surface area contributed by atoms with Gasteiger partial charge < -0.3 is 28.7 Å². The predicted octanol–water partition coefficient (Wildman–Crippen LogP) is 0.974. The van der Waals surface area contributed by atoms with E-state index >= 15 is 0 Å². The molecule has 0 amide bonds. The number of ether oxygens (including phenoxy) is 1. The molecule has 0 unspecified atom stereocenters. The van der Waals surface area contributed by atoms with Gasteiger partial charge in [-0.05, 0) is 11.6 Å². The van der Waals surface area contributed by atoms with Crippen molar-refractivity contribution in [2.75, 3.05) is 0 Å². The van der Waals surface area contributed by atoms with Crippen molar-refractivity contribution in [3.8, 4) is 22.6 Å². The molecule has 0 aliphatic carbocycles. The lowest BCUT2D eigenvalue weighted by Gasteiger charge is -2.10. The van der Waals surface area contributed by atoms with Crippen LogP contribution in [0.2, 0.25) is 0 Å². The van der Waals surface area contributed by atoms with E-state index in [0.29, 0.717) is 0 Å². The molecular formula is C18H16INO. The molecule has 3 rings (SSSR count). The third-order valence-corrected chi connectivity index (χ3v) is 3.15. The smallest absolute Gasteiger partial charge is 0.172 e. The lowest BCUT2D eigenvalue weighted by molar-refractivity contribution is -0.671. The summed E-state index contributed by atoms with van der Waals surface area (Å²) in [5.41, 5.74) is 2.26.